The zero-order valence-electron chi connectivity index (χ0n) is 22.1. The predicted molar refractivity (Wildman–Crippen MR) is 169 cm³/mol. The van der Waals surface area contributed by atoms with E-state index < -0.39 is 25.5 Å². The van der Waals surface area contributed by atoms with Crippen molar-refractivity contribution in [2.45, 2.75) is 14.8 Å². The van der Waals surface area contributed by atoms with Gasteiger partial charge in [0.05, 0.1) is 0 Å². The Kier molecular flexibility index (Phi) is 6.54. The number of rotatable bonds is 5. The van der Waals surface area contributed by atoms with Crippen LogP contribution in [0.1, 0.15) is 0 Å². The first-order chi connectivity index (χ1) is 18.4. The van der Waals surface area contributed by atoms with Crippen LogP contribution in [0.5, 0.6) is 0 Å². The summed E-state index contributed by atoms with van der Waals surface area (Å²) in [6.07, 6.45) is 0. The van der Waals surface area contributed by atoms with E-state index in [1.807, 2.05) is 60.7 Å². The minimum atomic E-state index is -3.21. The van der Waals surface area contributed by atoms with E-state index in [9.17, 15) is 0 Å². The summed E-state index contributed by atoms with van der Waals surface area (Å²) in [6.45, 7) is 0. The Bertz CT molecular complexity index is 1780. The molecule has 0 aliphatic carbocycles. The summed E-state index contributed by atoms with van der Waals surface area (Å²) in [4.78, 5) is 7.42. The summed E-state index contributed by atoms with van der Waals surface area (Å²) >= 11 is -2.66. The Hall–Kier alpha value is -3.13. The third-order valence-corrected chi connectivity index (χ3v) is 16.4. The van der Waals surface area contributed by atoms with Gasteiger partial charge < -0.3 is 0 Å². The number of hydrogen-bond donors (Lipinski definition) is 0. The van der Waals surface area contributed by atoms with Crippen molar-refractivity contribution >= 4 is 66.6 Å². The Morgan fingerprint density at radius 1 is 0.474 bits per heavy atom. The van der Waals surface area contributed by atoms with Crippen LogP contribution in [-0.4, -0.2) is 18.4 Å². The molecule has 0 N–H and O–H groups in total. The van der Waals surface area contributed by atoms with Crippen LogP contribution in [0.15, 0.2) is 133 Å². The molecular formula is C35H31OPSn. The zero-order chi connectivity index (χ0) is 26.3. The first-order valence-electron chi connectivity index (χ1n) is 13.2. The molecule has 186 valence electrons. The van der Waals surface area contributed by atoms with Gasteiger partial charge in [-0.15, -0.1) is 0 Å². The molecule has 0 radical (unpaired) electrons. The van der Waals surface area contributed by atoms with E-state index in [1.54, 1.807) is 0 Å². The molecule has 6 rings (SSSR count). The van der Waals surface area contributed by atoms with Crippen LogP contribution >= 0.6 is 7.14 Å². The van der Waals surface area contributed by atoms with Gasteiger partial charge in [-0.1, -0.05) is 0 Å². The molecule has 1 nitrogen and oxygen atoms in total. The van der Waals surface area contributed by atoms with Crippen LogP contribution in [0.25, 0.3) is 32.7 Å². The fourth-order valence-electron chi connectivity index (χ4n) is 5.65. The van der Waals surface area contributed by atoms with Crippen molar-refractivity contribution in [3.8, 4) is 11.1 Å². The van der Waals surface area contributed by atoms with E-state index in [4.69, 9.17) is 0 Å². The molecule has 0 bridgehead atoms. The quantitative estimate of drug-likeness (QED) is 0.142. The van der Waals surface area contributed by atoms with Gasteiger partial charge in [-0.3, -0.25) is 0 Å². The third-order valence-electron chi connectivity index (χ3n) is 7.47. The molecule has 0 unspecified atom stereocenters. The third kappa shape index (κ3) is 4.23. The molecule has 0 aliphatic rings. The summed E-state index contributed by atoms with van der Waals surface area (Å²) in [5, 5.41) is 7.43. The summed E-state index contributed by atoms with van der Waals surface area (Å²) in [6, 6.07) is 46.3. The summed E-state index contributed by atoms with van der Waals surface area (Å²) in [7, 11) is -3.21. The topological polar surface area (TPSA) is 17.1 Å². The van der Waals surface area contributed by atoms with Gasteiger partial charge >= 0.3 is 231 Å². The van der Waals surface area contributed by atoms with Crippen LogP contribution in [0.4, 0.5) is 0 Å². The second-order valence-corrected chi connectivity index (χ2v) is 28.0. The van der Waals surface area contributed by atoms with Crippen LogP contribution in [0, 0.1) is 0 Å². The van der Waals surface area contributed by atoms with E-state index in [2.05, 4.69) is 87.6 Å². The average Bonchev–Trinajstić information content (AvgIpc) is 2.96. The van der Waals surface area contributed by atoms with Gasteiger partial charge in [0.25, 0.3) is 0 Å². The first-order valence-corrected chi connectivity index (χ1v) is 24.8. The number of benzene rings is 6. The summed E-state index contributed by atoms with van der Waals surface area (Å²) < 4.78 is 17.2. The van der Waals surface area contributed by atoms with Gasteiger partial charge in [-0.05, 0) is 0 Å². The van der Waals surface area contributed by atoms with Crippen molar-refractivity contribution in [3.05, 3.63) is 133 Å². The van der Waals surface area contributed by atoms with E-state index in [0.29, 0.717) is 0 Å². The van der Waals surface area contributed by atoms with Gasteiger partial charge in [0.15, 0.2) is 0 Å². The van der Waals surface area contributed by atoms with E-state index in [0.717, 1.165) is 26.9 Å². The molecule has 0 fully saturated rings. The molecule has 0 aliphatic heterocycles. The van der Waals surface area contributed by atoms with Crippen molar-refractivity contribution in [2.75, 3.05) is 0 Å². The Balaban J connectivity index is 1.85. The predicted octanol–water partition coefficient (Wildman–Crippen LogP) is 7.84. The minimum absolute atomic E-state index is 0.865. The Morgan fingerprint density at radius 2 is 0.921 bits per heavy atom. The van der Waals surface area contributed by atoms with E-state index in [1.165, 1.54) is 25.3 Å². The molecule has 6 aromatic carbocycles. The van der Waals surface area contributed by atoms with E-state index >= 15 is 4.57 Å². The summed E-state index contributed by atoms with van der Waals surface area (Å²) in [5.74, 6) is 0. The van der Waals surface area contributed by atoms with Gasteiger partial charge in [0.1, 0.15) is 0 Å². The van der Waals surface area contributed by atoms with Crippen molar-refractivity contribution in [1.82, 2.24) is 0 Å². The molecule has 0 heterocycles. The molecule has 0 aromatic heterocycles. The molecule has 3 heteroatoms. The van der Waals surface area contributed by atoms with Crippen molar-refractivity contribution in [1.29, 1.82) is 0 Å². The maximum atomic E-state index is 15.8. The average molecular weight is 617 g/mol. The van der Waals surface area contributed by atoms with E-state index in [-0.39, 0.29) is 0 Å². The molecule has 0 amide bonds. The fourth-order valence-corrected chi connectivity index (χ4v) is 13.1. The normalized spacial score (nSPS) is 12.2. The van der Waals surface area contributed by atoms with Crippen molar-refractivity contribution < 1.29 is 4.57 Å². The van der Waals surface area contributed by atoms with Gasteiger partial charge in [0.2, 0.25) is 0 Å². The zero-order valence-corrected chi connectivity index (χ0v) is 25.8. The van der Waals surface area contributed by atoms with Crippen molar-refractivity contribution in [3.63, 3.8) is 0 Å². The standard InChI is InChI=1S/C32H22OP.3CH3.Sn/c33-34(26-15-3-1-4-16-26,27-17-5-2-6-18-27)31-23-22-25-13-8-10-20-29(25)32(31)30-21-11-14-24-12-7-9-19-28(24)30;;;;/h1-20,22-23H;3*1H3;. The van der Waals surface area contributed by atoms with Crippen molar-refractivity contribution in [2.24, 2.45) is 0 Å². The van der Waals surface area contributed by atoms with Crippen LogP contribution in [-0.2, 0) is 4.57 Å². The van der Waals surface area contributed by atoms with Gasteiger partial charge in [-0.2, -0.15) is 0 Å². The molecular weight excluding hydrogens is 586 g/mol. The maximum absolute atomic E-state index is 15.8. The van der Waals surface area contributed by atoms with Crippen LogP contribution < -0.4 is 19.5 Å². The van der Waals surface area contributed by atoms with Crippen LogP contribution in [0.3, 0.4) is 0 Å². The monoisotopic (exact) mass is 618 g/mol. The molecule has 0 atom stereocenters. The number of hydrogen-bond acceptors (Lipinski definition) is 1. The molecule has 6 aromatic rings. The Labute approximate surface area is 229 Å². The van der Waals surface area contributed by atoms with Gasteiger partial charge in [-0.25, -0.2) is 0 Å². The molecule has 0 saturated heterocycles. The SMILES string of the molecule is [CH3][Sn]([CH3])([CH3])[c]1ccc2ccccc2c1-c1c(P(=O)(c2ccccc2)c2ccccc2)ccc2ccccc12. The number of fused-ring (bicyclic) bond motifs is 2. The van der Waals surface area contributed by atoms with Gasteiger partial charge in [0, 0.05) is 0 Å². The fraction of sp³-hybridized carbons (Fsp3) is 0.0857. The second-order valence-electron chi connectivity index (χ2n) is 10.9. The summed E-state index contributed by atoms with van der Waals surface area (Å²) in [5.41, 5.74) is 2.39. The first kappa shape index (κ1) is 25.2. The molecule has 0 spiro atoms. The molecule has 38 heavy (non-hydrogen) atoms. The second kappa shape index (κ2) is 9.88. The Morgan fingerprint density at radius 3 is 1.45 bits per heavy atom. The molecule has 0 saturated carbocycles. The van der Waals surface area contributed by atoms with Crippen LogP contribution in [0.2, 0.25) is 14.8 Å².